The van der Waals surface area contributed by atoms with Gasteiger partial charge in [-0.2, -0.15) is 0 Å². The Balaban J connectivity index is 2.33. The standard InChI is InChI=1S/C16H17NO5/c1-3-17-15(20)9(2)22-16(21)12-8-13(18)10-6-4-5-7-11(10)14(12)19/h4-9,18-19H,3H2,1-2H3,(H,17,20)/t9-/m1/s1. The largest absolute Gasteiger partial charge is 0.507 e. The molecular formula is C16H17NO5. The van der Waals surface area contributed by atoms with Crippen molar-refractivity contribution >= 4 is 22.6 Å². The molecular weight excluding hydrogens is 286 g/mol. The fourth-order valence-electron chi connectivity index (χ4n) is 2.09. The van der Waals surface area contributed by atoms with Crippen LogP contribution in [0.3, 0.4) is 0 Å². The summed E-state index contributed by atoms with van der Waals surface area (Å²) in [5.74, 6) is -1.75. The quantitative estimate of drug-likeness (QED) is 0.592. The lowest BCUT2D eigenvalue weighted by Crippen LogP contribution is -2.35. The van der Waals surface area contributed by atoms with Gasteiger partial charge in [0.2, 0.25) is 0 Å². The second-order valence-corrected chi connectivity index (χ2v) is 4.78. The highest BCUT2D eigenvalue weighted by atomic mass is 16.5. The Hall–Kier alpha value is -2.76. The normalized spacial score (nSPS) is 11.9. The summed E-state index contributed by atoms with van der Waals surface area (Å²) in [6, 6.07) is 7.71. The zero-order valence-corrected chi connectivity index (χ0v) is 12.3. The van der Waals surface area contributed by atoms with Crippen LogP contribution in [0.4, 0.5) is 0 Å². The molecule has 22 heavy (non-hydrogen) atoms. The first-order valence-corrected chi connectivity index (χ1v) is 6.88. The molecule has 0 spiro atoms. The van der Waals surface area contributed by atoms with Gasteiger partial charge in [0.1, 0.15) is 17.1 Å². The van der Waals surface area contributed by atoms with Gasteiger partial charge < -0.3 is 20.3 Å². The van der Waals surface area contributed by atoms with E-state index in [1.54, 1.807) is 31.2 Å². The fourth-order valence-corrected chi connectivity index (χ4v) is 2.09. The Morgan fingerprint density at radius 3 is 2.50 bits per heavy atom. The first-order valence-electron chi connectivity index (χ1n) is 6.88. The summed E-state index contributed by atoms with van der Waals surface area (Å²) in [4.78, 5) is 23.7. The van der Waals surface area contributed by atoms with Crippen LogP contribution in [0.5, 0.6) is 11.5 Å². The SMILES string of the molecule is CCNC(=O)[C@@H](C)OC(=O)c1cc(O)c2ccccc2c1O. The highest BCUT2D eigenvalue weighted by Gasteiger charge is 2.22. The van der Waals surface area contributed by atoms with Crippen LogP contribution >= 0.6 is 0 Å². The van der Waals surface area contributed by atoms with Crippen molar-refractivity contribution < 1.29 is 24.5 Å². The number of phenolic OH excluding ortho intramolecular Hbond substituents is 2. The maximum Gasteiger partial charge on any atom is 0.342 e. The van der Waals surface area contributed by atoms with Gasteiger partial charge in [-0.25, -0.2) is 4.79 Å². The maximum absolute atomic E-state index is 12.1. The lowest BCUT2D eigenvalue weighted by atomic mass is 10.0. The number of esters is 1. The minimum Gasteiger partial charge on any atom is -0.507 e. The van der Waals surface area contributed by atoms with Crippen LogP contribution in [-0.2, 0) is 9.53 Å². The van der Waals surface area contributed by atoms with Crippen molar-refractivity contribution in [3.8, 4) is 11.5 Å². The summed E-state index contributed by atoms with van der Waals surface area (Å²) in [5, 5.41) is 23.4. The minimum atomic E-state index is -1.000. The smallest absolute Gasteiger partial charge is 0.342 e. The summed E-state index contributed by atoms with van der Waals surface area (Å²) >= 11 is 0. The number of ether oxygens (including phenoxy) is 1. The summed E-state index contributed by atoms with van der Waals surface area (Å²) in [5.41, 5.74) is -0.188. The average Bonchev–Trinajstić information content (AvgIpc) is 2.51. The van der Waals surface area contributed by atoms with Gasteiger partial charge in [-0.05, 0) is 19.9 Å². The van der Waals surface area contributed by atoms with E-state index in [0.717, 1.165) is 6.07 Å². The van der Waals surface area contributed by atoms with E-state index < -0.39 is 18.0 Å². The van der Waals surface area contributed by atoms with E-state index in [9.17, 15) is 19.8 Å². The molecule has 1 atom stereocenters. The Kier molecular flexibility index (Phi) is 4.50. The molecule has 2 aromatic rings. The molecule has 0 heterocycles. The molecule has 6 nitrogen and oxygen atoms in total. The highest BCUT2D eigenvalue weighted by Crippen LogP contribution is 2.35. The van der Waals surface area contributed by atoms with E-state index in [4.69, 9.17) is 4.74 Å². The van der Waals surface area contributed by atoms with Crippen LogP contribution in [-0.4, -0.2) is 34.7 Å². The molecule has 0 aliphatic heterocycles. The molecule has 6 heteroatoms. The summed E-state index contributed by atoms with van der Waals surface area (Å²) in [6.45, 7) is 3.60. The van der Waals surface area contributed by atoms with Gasteiger partial charge in [0, 0.05) is 17.3 Å². The summed E-state index contributed by atoms with van der Waals surface area (Å²) in [6.07, 6.45) is -1.000. The third-order valence-electron chi connectivity index (χ3n) is 3.22. The van der Waals surface area contributed by atoms with Crippen LogP contribution in [0.2, 0.25) is 0 Å². The molecule has 0 unspecified atom stereocenters. The number of fused-ring (bicyclic) bond motifs is 1. The lowest BCUT2D eigenvalue weighted by molar-refractivity contribution is -0.128. The van der Waals surface area contributed by atoms with E-state index in [-0.39, 0.29) is 17.1 Å². The first-order chi connectivity index (χ1) is 10.5. The molecule has 1 amide bonds. The molecule has 3 N–H and O–H groups in total. The van der Waals surface area contributed by atoms with Gasteiger partial charge in [-0.1, -0.05) is 24.3 Å². The van der Waals surface area contributed by atoms with Crippen LogP contribution in [0.1, 0.15) is 24.2 Å². The lowest BCUT2D eigenvalue weighted by Gasteiger charge is -2.14. The predicted molar refractivity (Wildman–Crippen MR) is 80.8 cm³/mol. The molecule has 116 valence electrons. The molecule has 0 saturated heterocycles. The van der Waals surface area contributed by atoms with Gasteiger partial charge in [0.05, 0.1) is 0 Å². The fraction of sp³-hybridized carbons (Fsp3) is 0.250. The van der Waals surface area contributed by atoms with Crippen molar-refractivity contribution in [2.45, 2.75) is 20.0 Å². The number of hydrogen-bond donors (Lipinski definition) is 3. The van der Waals surface area contributed by atoms with E-state index in [2.05, 4.69) is 5.32 Å². The summed E-state index contributed by atoms with van der Waals surface area (Å²) < 4.78 is 5.01. The van der Waals surface area contributed by atoms with Gasteiger partial charge >= 0.3 is 5.97 Å². The average molecular weight is 303 g/mol. The number of hydrogen-bond acceptors (Lipinski definition) is 5. The molecule has 2 rings (SSSR count). The van der Waals surface area contributed by atoms with E-state index in [1.165, 1.54) is 6.92 Å². The molecule has 0 radical (unpaired) electrons. The zero-order chi connectivity index (χ0) is 16.3. The van der Waals surface area contributed by atoms with E-state index in [0.29, 0.717) is 17.3 Å². The van der Waals surface area contributed by atoms with Gasteiger partial charge in [0.25, 0.3) is 5.91 Å². The van der Waals surface area contributed by atoms with Crippen molar-refractivity contribution in [2.24, 2.45) is 0 Å². The van der Waals surface area contributed by atoms with Gasteiger partial charge in [-0.15, -0.1) is 0 Å². The molecule has 0 aliphatic carbocycles. The molecule has 0 aliphatic rings. The van der Waals surface area contributed by atoms with E-state index in [1.807, 2.05) is 0 Å². The first kappa shape index (κ1) is 15.6. The number of phenols is 2. The maximum atomic E-state index is 12.1. The Morgan fingerprint density at radius 1 is 1.23 bits per heavy atom. The van der Waals surface area contributed by atoms with Gasteiger partial charge in [-0.3, -0.25) is 4.79 Å². The monoisotopic (exact) mass is 303 g/mol. The number of carbonyl (C=O) groups excluding carboxylic acids is 2. The minimum absolute atomic E-state index is 0.147. The van der Waals surface area contributed by atoms with Crippen molar-refractivity contribution in [1.29, 1.82) is 0 Å². The topological polar surface area (TPSA) is 95.9 Å². The number of aromatic hydroxyl groups is 2. The third-order valence-corrected chi connectivity index (χ3v) is 3.22. The molecule has 0 aromatic heterocycles. The van der Waals surface area contributed by atoms with Crippen LogP contribution < -0.4 is 5.32 Å². The highest BCUT2D eigenvalue weighted by molar-refractivity contribution is 6.04. The number of amides is 1. The van der Waals surface area contributed by atoms with E-state index >= 15 is 0 Å². The van der Waals surface area contributed by atoms with Gasteiger partial charge in [0.15, 0.2) is 6.10 Å². The predicted octanol–water partition coefficient (Wildman–Crippen LogP) is 1.93. The van der Waals surface area contributed by atoms with Crippen molar-refractivity contribution in [3.05, 3.63) is 35.9 Å². The van der Waals surface area contributed by atoms with Crippen LogP contribution in [0.15, 0.2) is 30.3 Å². The van der Waals surface area contributed by atoms with Crippen LogP contribution in [0.25, 0.3) is 10.8 Å². The Morgan fingerprint density at radius 2 is 1.86 bits per heavy atom. The number of nitrogens with one attached hydrogen (secondary N) is 1. The molecule has 0 fully saturated rings. The second kappa shape index (κ2) is 6.34. The van der Waals surface area contributed by atoms with Crippen LogP contribution in [0, 0.1) is 0 Å². The number of benzene rings is 2. The number of carbonyl (C=O) groups is 2. The van der Waals surface area contributed by atoms with Crippen molar-refractivity contribution in [1.82, 2.24) is 5.32 Å². The molecule has 0 bridgehead atoms. The molecule has 0 saturated carbocycles. The van der Waals surface area contributed by atoms with Crippen molar-refractivity contribution in [2.75, 3.05) is 6.54 Å². The summed E-state index contributed by atoms with van der Waals surface area (Å²) in [7, 11) is 0. The number of rotatable bonds is 4. The van der Waals surface area contributed by atoms with Crippen molar-refractivity contribution in [3.63, 3.8) is 0 Å². The Bertz CT molecular complexity index is 726. The third kappa shape index (κ3) is 2.95. The molecule has 2 aromatic carbocycles. The second-order valence-electron chi connectivity index (χ2n) is 4.78. The number of likely N-dealkylation sites (N-methyl/N-ethyl adjacent to an activating group) is 1. The Labute approximate surface area is 127 Å². The zero-order valence-electron chi connectivity index (χ0n) is 12.3.